The summed E-state index contributed by atoms with van der Waals surface area (Å²) in [5.41, 5.74) is 0.332. The first kappa shape index (κ1) is 12.8. The fourth-order valence-corrected chi connectivity index (χ4v) is 1.19. The molecule has 0 aliphatic rings. The molecule has 0 aliphatic heterocycles. The molecule has 1 N–H and O–H groups in total. The number of alkyl halides is 2. The Labute approximate surface area is 90.2 Å². The molecule has 2 nitrogen and oxygen atoms in total. The average molecular weight is 237 g/mol. The fraction of sp³-hybridized carbons (Fsp3) is 0.400. The minimum atomic E-state index is -3.25. The van der Waals surface area contributed by atoms with Gasteiger partial charge in [-0.1, -0.05) is 6.92 Å². The van der Waals surface area contributed by atoms with Crippen molar-refractivity contribution < 1.29 is 22.3 Å². The number of hydrogen-bond donors (Lipinski definition) is 1. The van der Waals surface area contributed by atoms with Gasteiger partial charge in [-0.3, -0.25) is 0 Å². The fourth-order valence-electron chi connectivity index (χ4n) is 1.19. The highest BCUT2D eigenvalue weighted by molar-refractivity contribution is 5.31. The summed E-state index contributed by atoms with van der Waals surface area (Å²) < 4.78 is 53.7. The zero-order valence-electron chi connectivity index (χ0n) is 8.57. The summed E-state index contributed by atoms with van der Waals surface area (Å²) in [6.45, 7) is -0.512. The molecule has 1 aromatic rings. The monoisotopic (exact) mass is 237 g/mol. The maximum absolute atomic E-state index is 13.2. The number of rotatable bonds is 5. The molecule has 0 spiro atoms. The van der Waals surface area contributed by atoms with Crippen LogP contribution in [0.5, 0.6) is 5.75 Å². The van der Waals surface area contributed by atoms with E-state index in [1.807, 2.05) is 6.92 Å². The van der Waals surface area contributed by atoms with Crippen molar-refractivity contribution in [2.24, 2.45) is 0 Å². The van der Waals surface area contributed by atoms with Crippen LogP contribution in [0.15, 0.2) is 12.1 Å². The van der Waals surface area contributed by atoms with Gasteiger partial charge < -0.3 is 10.1 Å². The third-order valence-corrected chi connectivity index (χ3v) is 1.84. The lowest BCUT2D eigenvalue weighted by Crippen LogP contribution is -2.13. The third-order valence-electron chi connectivity index (χ3n) is 1.84. The summed E-state index contributed by atoms with van der Waals surface area (Å²) in [4.78, 5) is 0. The van der Waals surface area contributed by atoms with Crippen LogP contribution in [0.25, 0.3) is 0 Å². The molecule has 1 aromatic carbocycles. The predicted octanol–water partition coefficient (Wildman–Crippen LogP) is 2.68. The van der Waals surface area contributed by atoms with E-state index < -0.39 is 24.0 Å². The van der Waals surface area contributed by atoms with Gasteiger partial charge in [0.25, 0.3) is 0 Å². The van der Waals surface area contributed by atoms with Crippen LogP contribution in [0.4, 0.5) is 17.6 Å². The molecule has 0 unspecified atom stereocenters. The molecule has 16 heavy (non-hydrogen) atoms. The second-order valence-corrected chi connectivity index (χ2v) is 3.05. The normalized spacial score (nSPS) is 10.9. The van der Waals surface area contributed by atoms with E-state index in [1.54, 1.807) is 0 Å². The van der Waals surface area contributed by atoms with Crippen molar-refractivity contribution in [3.05, 3.63) is 29.3 Å². The molecule has 6 heteroatoms. The maximum Gasteiger partial charge on any atom is 0.387 e. The lowest BCUT2D eigenvalue weighted by atomic mass is 10.2. The van der Waals surface area contributed by atoms with Gasteiger partial charge in [0.05, 0.1) is 0 Å². The van der Waals surface area contributed by atoms with Crippen molar-refractivity contribution in [3.8, 4) is 5.75 Å². The molecule has 0 radical (unpaired) electrons. The van der Waals surface area contributed by atoms with Gasteiger partial charge in [-0.05, 0) is 24.2 Å². The van der Waals surface area contributed by atoms with E-state index in [4.69, 9.17) is 0 Å². The van der Waals surface area contributed by atoms with E-state index in [9.17, 15) is 17.6 Å². The Hall–Kier alpha value is -1.30. The predicted molar refractivity (Wildman–Crippen MR) is 50.4 cm³/mol. The van der Waals surface area contributed by atoms with Gasteiger partial charge in [-0.15, -0.1) is 0 Å². The van der Waals surface area contributed by atoms with E-state index in [2.05, 4.69) is 10.1 Å². The summed E-state index contributed by atoms with van der Waals surface area (Å²) in [5.74, 6) is -3.31. The summed E-state index contributed by atoms with van der Waals surface area (Å²) >= 11 is 0. The first-order valence-electron chi connectivity index (χ1n) is 4.68. The van der Waals surface area contributed by atoms with E-state index in [1.165, 1.54) is 0 Å². The zero-order chi connectivity index (χ0) is 12.1. The zero-order valence-corrected chi connectivity index (χ0v) is 8.57. The molecule has 0 saturated carbocycles. The van der Waals surface area contributed by atoms with Gasteiger partial charge in [0.15, 0.2) is 17.4 Å². The first-order valence-corrected chi connectivity index (χ1v) is 4.68. The molecule has 0 aliphatic carbocycles. The van der Waals surface area contributed by atoms with Gasteiger partial charge in [0.1, 0.15) is 0 Å². The number of benzene rings is 1. The third kappa shape index (κ3) is 3.37. The topological polar surface area (TPSA) is 21.3 Å². The van der Waals surface area contributed by atoms with Crippen LogP contribution in [0, 0.1) is 11.6 Å². The first-order chi connectivity index (χ1) is 7.54. The van der Waals surface area contributed by atoms with E-state index >= 15 is 0 Å². The number of hydrogen-bond acceptors (Lipinski definition) is 2. The summed E-state index contributed by atoms with van der Waals surface area (Å²) in [6, 6.07) is 1.92. The quantitative estimate of drug-likeness (QED) is 0.795. The second kappa shape index (κ2) is 5.69. The van der Waals surface area contributed by atoms with Crippen molar-refractivity contribution in [2.75, 3.05) is 6.54 Å². The van der Waals surface area contributed by atoms with Crippen LogP contribution < -0.4 is 10.1 Å². The average Bonchev–Trinajstić information content (AvgIpc) is 2.20. The van der Waals surface area contributed by atoms with Crippen LogP contribution >= 0.6 is 0 Å². The van der Waals surface area contributed by atoms with Gasteiger partial charge in [0, 0.05) is 6.54 Å². The molecule has 0 heterocycles. The Balaban J connectivity index is 2.89. The van der Waals surface area contributed by atoms with Crippen LogP contribution in [0.3, 0.4) is 0 Å². The molecule has 0 saturated heterocycles. The number of nitrogens with one attached hydrogen (secondary N) is 1. The Morgan fingerprint density at radius 3 is 2.25 bits per heavy atom. The number of ether oxygens (including phenoxy) is 1. The SMILES string of the molecule is CCNCc1cc(F)c(OC(F)F)c(F)c1. The molecule has 0 fully saturated rings. The van der Waals surface area contributed by atoms with Crippen molar-refractivity contribution in [1.29, 1.82) is 0 Å². The lowest BCUT2D eigenvalue weighted by molar-refractivity contribution is -0.0546. The highest BCUT2D eigenvalue weighted by Gasteiger charge is 2.16. The highest BCUT2D eigenvalue weighted by Crippen LogP contribution is 2.24. The Morgan fingerprint density at radius 2 is 1.81 bits per heavy atom. The Kier molecular flexibility index (Phi) is 4.54. The van der Waals surface area contributed by atoms with Crippen molar-refractivity contribution >= 4 is 0 Å². The molecule has 0 bridgehead atoms. The minimum absolute atomic E-state index is 0.263. The van der Waals surface area contributed by atoms with Crippen LogP contribution in [0.1, 0.15) is 12.5 Å². The van der Waals surface area contributed by atoms with Gasteiger partial charge >= 0.3 is 6.61 Å². The van der Waals surface area contributed by atoms with Crippen molar-refractivity contribution in [2.45, 2.75) is 20.1 Å². The summed E-state index contributed by atoms with van der Waals surface area (Å²) in [6.07, 6.45) is 0. The van der Waals surface area contributed by atoms with Crippen LogP contribution in [-0.2, 0) is 6.54 Å². The van der Waals surface area contributed by atoms with E-state index in [0.29, 0.717) is 12.1 Å². The van der Waals surface area contributed by atoms with Crippen LogP contribution in [-0.4, -0.2) is 13.2 Å². The van der Waals surface area contributed by atoms with E-state index in [0.717, 1.165) is 12.1 Å². The smallest absolute Gasteiger partial charge is 0.387 e. The molecule has 1 rings (SSSR count). The molecular formula is C10H11F4NO. The highest BCUT2D eigenvalue weighted by atomic mass is 19.3. The van der Waals surface area contributed by atoms with Crippen LogP contribution in [0.2, 0.25) is 0 Å². The van der Waals surface area contributed by atoms with Gasteiger partial charge in [-0.2, -0.15) is 8.78 Å². The minimum Gasteiger partial charge on any atom is -0.429 e. The van der Waals surface area contributed by atoms with Crippen molar-refractivity contribution in [3.63, 3.8) is 0 Å². The lowest BCUT2D eigenvalue weighted by Gasteiger charge is -2.09. The largest absolute Gasteiger partial charge is 0.429 e. The Morgan fingerprint density at radius 1 is 1.25 bits per heavy atom. The molecule has 90 valence electrons. The molecule has 0 atom stereocenters. The van der Waals surface area contributed by atoms with E-state index in [-0.39, 0.29) is 6.54 Å². The molecule has 0 amide bonds. The van der Waals surface area contributed by atoms with Gasteiger partial charge in [0.2, 0.25) is 0 Å². The Bertz CT molecular complexity index is 334. The van der Waals surface area contributed by atoms with Crippen molar-refractivity contribution in [1.82, 2.24) is 5.32 Å². The summed E-state index contributed by atoms with van der Waals surface area (Å²) in [5, 5.41) is 2.86. The molecule has 0 aromatic heterocycles. The van der Waals surface area contributed by atoms with Gasteiger partial charge in [-0.25, -0.2) is 8.78 Å². The molecular weight excluding hydrogens is 226 g/mol. The standard InChI is InChI=1S/C10H11F4NO/c1-2-15-5-6-3-7(11)9(8(12)4-6)16-10(13)14/h3-4,10,15H,2,5H2,1H3. The second-order valence-electron chi connectivity index (χ2n) is 3.05. The number of halogens is 4. The summed E-state index contributed by atoms with van der Waals surface area (Å²) in [7, 11) is 0. The maximum atomic E-state index is 13.2.